The van der Waals surface area contributed by atoms with Crippen molar-refractivity contribution >= 4 is 11.8 Å². The summed E-state index contributed by atoms with van der Waals surface area (Å²) >= 11 is 0. The zero-order valence-corrected chi connectivity index (χ0v) is 13.5. The SMILES string of the molecule is CCN(CC)C(=O)CN(C)C(=O)C1(C#N)CCCCCC1. The summed E-state index contributed by atoms with van der Waals surface area (Å²) in [5.74, 6) is -0.245. The Kier molecular flexibility index (Phi) is 6.67. The maximum absolute atomic E-state index is 12.7. The number of rotatable bonds is 5. The average Bonchev–Trinajstić information content (AvgIpc) is 2.74. The van der Waals surface area contributed by atoms with E-state index in [1.54, 1.807) is 11.9 Å². The van der Waals surface area contributed by atoms with Gasteiger partial charge >= 0.3 is 0 Å². The molecule has 0 unspecified atom stereocenters. The molecule has 2 amide bonds. The second-order valence-corrected chi connectivity index (χ2v) is 5.84. The van der Waals surface area contributed by atoms with Gasteiger partial charge in [0, 0.05) is 20.1 Å². The van der Waals surface area contributed by atoms with Crippen LogP contribution in [0.5, 0.6) is 0 Å². The van der Waals surface area contributed by atoms with E-state index in [9.17, 15) is 14.9 Å². The van der Waals surface area contributed by atoms with Gasteiger partial charge in [0.25, 0.3) is 0 Å². The fourth-order valence-corrected chi connectivity index (χ4v) is 3.02. The third-order valence-corrected chi connectivity index (χ3v) is 4.42. The van der Waals surface area contributed by atoms with E-state index in [1.165, 1.54) is 4.90 Å². The van der Waals surface area contributed by atoms with E-state index >= 15 is 0 Å². The second-order valence-electron chi connectivity index (χ2n) is 5.84. The van der Waals surface area contributed by atoms with Crippen molar-refractivity contribution in [2.24, 2.45) is 5.41 Å². The Morgan fingerprint density at radius 2 is 1.62 bits per heavy atom. The lowest BCUT2D eigenvalue weighted by Gasteiger charge is -2.30. The monoisotopic (exact) mass is 293 g/mol. The van der Waals surface area contributed by atoms with Crippen LogP contribution >= 0.6 is 0 Å². The van der Waals surface area contributed by atoms with E-state index in [1.807, 2.05) is 13.8 Å². The number of nitrogens with zero attached hydrogens (tertiary/aromatic N) is 3. The van der Waals surface area contributed by atoms with Crippen molar-refractivity contribution in [2.75, 3.05) is 26.7 Å². The summed E-state index contributed by atoms with van der Waals surface area (Å²) < 4.78 is 0. The highest BCUT2D eigenvalue weighted by Gasteiger charge is 2.41. The molecule has 1 rings (SSSR count). The Morgan fingerprint density at radius 3 is 2.05 bits per heavy atom. The van der Waals surface area contributed by atoms with Crippen LogP contribution in [0.2, 0.25) is 0 Å². The van der Waals surface area contributed by atoms with Crippen LogP contribution in [-0.2, 0) is 9.59 Å². The van der Waals surface area contributed by atoms with Crippen LogP contribution in [0.15, 0.2) is 0 Å². The van der Waals surface area contributed by atoms with Gasteiger partial charge in [-0.2, -0.15) is 5.26 Å². The molecule has 0 N–H and O–H groups in total. The fraction of sp³-hybridized carbons (Fsp3) is 0.812. The van der Waals surface area contributed by atoms with E-state index in [0.717, 1.165) is 25.7 Å². The third kappa shape index (κ3) is 4.20. The summed E-state index contributed by atoms with van der Waals surface area (Å²) in [6, 6.07) is 2.25. The normalized spacial score (nSPS) is 17.4. The van der Waals surface area contributed by atoms with Gasteiger partial charge in [0.2, 0.25) is 11.8 Å². The first-order valence-corrected chi connectivity index (χ1v) is 7.95. The summed E-state index contributed by atoms with van der Waals surface area (Å²) in [6.07, 6.45) is 5.23. The maximum Gasteiger partial charge on any atom is 0.243 e. The van der Waals surface area contributed by atoms with E-state index in [4.69, 9.17) is 0 Å². The van der Waals surface area contributed by atoms with E-state index in [0.29, 0.717) is 25.9 Å². The Hall–Kier alpha value is -1.57. The Balaban J connectivity index is 2.76. The molecule has 5 heteroatoms. The van der Waals surface area contributed by atoms with Crippen LogP contribution in [0, 0.1) is 16.7 Å². The molecule has 118 valence electrons. The van der Waals surface area contributed by atoms with Gasteiger partial charge in [-0.3, -0.25) is 9.59 Å². The highest BCUT2D eigenvalue weighted by Crippen LogP contribution is 2.36. The van der Waals surface area contributed by atoms with Gasteiger partial charge in [-0.05, 0) is 26.7 Å². The van der Waals surface area contributed by atoms with Crippen molar-refractivity contribution < 1.29 is 9.59 Å². The molecule has 5 nitrogen and oxygen atoms in total. The molecule has 1 aliphatic carbocycles. The summed E-state index contributed by atoms with van der Waals surface area (Å²) in [7, 11) is 1.63. The molecule has 0 aromatic rings. The third-order valence-electron chi connectivity index (χ3n) is 4.42. The first-order chi connectivity index (χ1) is 10.0. The lowest BCUT2D eigenvalue weighted by molar-refractivity contribution is -0.144. The minimum absolute atomic E-state index is 0.0578. The lowest BCUT2D eigenvalue weighted by atomic mass is 9.80. The Morgan fingerprint density at radius 1 is 1.10 bits per heavy atom. The molecular formula is C16H27N3O2. The molecule has 1 fully saturated rings. The van der Waals surface area contributed by atoms with Gasteiger partial charge in [-0.1, -0.05) is 25.7 Å². The molecule has 1 saturated carbocycles. The molecule has 21 heavy (non-hydrogen) atoms. The van der Waals surface area contributed by atoms with Gasteiger partial charge < -0.3 is 9.80 Å². The van der Waals surface area contributed by atoms with E-state index in [2.05, 4.69) is 6.07 Å². The van der Waals surface area contributed by atoms with Crippen molar-refractivity contribution in [1.29, 1.82) is 5.26 Å². The van der Waals surface area contributed by atoms with Crippen molar-refractivity contribution in [3.63, 3.8) is 0 Å². The number of likely N-dealkylation sites (N-methyl/N-ethyl adjacent to an activating group) is 2. The molecule has 0 saturated heterocycles. The van der Waals surface area contributed by atoms with Crippen LogP contribution in [-0.4, -0.2) is 48.3 Å². The number of carbonyl (C=O) groups excluding carboxylic acids is 2. The number of hydrogen-bond acceptors (Lipinski definition) is 3. The number of hydrogen-bond donors (Lipinski definition) is 0. The Bertz CT molecular complexity index is 402. The van der Waals surface area contributed by atoms with Crippen LogP contribution in [0.25, 0.3) is 0 Å². The molecule has 0 spiro atoms. The van der Waals surface area contributed by atoms with Crippen molar-refractivity contribution in [3.05, 3.63) is 0 Å². The maximum atomic E-state index is 12.7. The lowest BCUT2D eigenvalue weighted by Crippen LogP contribution is -2.46. The summed E-state index contributed by atoms with van der Waals surface area (Å²) in [5, 5.41) is 9.53. The van der Waals surface area contributed by atoms with Gasteiger partial charge in [0.15, 0.2) is 0 Å². The van der Waals surface area contributed by atoms with Crippen LogP contribution < -0.4 is 0 Å². The molecule has 0 radical (unpaired) electrons. The predicted molar refractivity (Wildman–Crippen MR) is 81.3 cm³/mol. The van der Waals surface area contributed by atoms with Gasteiger partial charge in [0.1, 0.15) is 5.41 Å². The molecule has 0 aliphatic heterocycles. The van der Waals surface area contributed by atoms with Gasteiger partial charge in [-0.25, -0.2) is 0 Å². The molecule has 0 aromatic carbocycles. The predicted octanol–water partition coefficient (Wildman–Crippen LogP) is 2.18. The van der Waals surface area contributed by atoms with Crippen LogP contribution in [0.1, 0.15) is 52.4 Å². The average molecular weight is 293 g/mol. The van der Waals surface area contributed by atoms with Gasteiger partial charge in [-0.15, -0.1) is 0 Å². The number of nitriles is 1. The first-order valence-electron chi connectivity index (χ1n) is 7.95. The van der Waals surface area contributed by atoms with E-state index < -0.39 is 5.41 Å². The van der Waals surface area contributed by atoms with Crippen molar-refractivity contribution in [3.8, 4) is 6.07 Å². The quantitative estimate of drug-likeness (QED) is 0.730. The van der Waals surface area contributed by atoms with Crippen molar-refractivity contribution in [2.45, 2.75) is 52.4 Å². The molecular weight excluding hydrogens is 266 g/mol. The molecule has 0 atom stereocenters. The minimum Gasteiger partial charge on any atom is -0.342 e. The van der Waals surface area contributed by atoms with Gasteiger partial charge in [0.05, 0.1) is 12.6 Å². The summed E-state index contributed by atoms with van der Waals surface area (Å²) in [4.78, 5) is 27.9. The zero-order valence-electron chi connectivity index (χ0n) is 13.5. The highest BCUT2D eigenvalue weighted by molar-refractivity contribution is 5.89. The molecule has 1 aliphatic rings. The van der Waals surface area contributed by atoms with E-state index in [-0.39, 0.29) is 18.4 Å². The first kappa shape index (κ1) is 17.5. The number of amides is 2. The molecule has 0 aromatic heterocycles. The summed E-state index contributed by atoms with van der Waals surface area (Å²) in [6.45, 7) is 5.18. The smallest absolute Gasteiger partial charge is 0.243 e. The highest BCUT2D eigenvalue weighted by atomic mass is 16.2. The Labute approximate surface area is 127 Å². The van der Waals surface area contributed by atoms with Crippen LogP contribution in [0.4, 0.5) is 0 Å². The zero-order chi connectivity index (χ0) is 15.9. The molecule has 0 bridgehead atoms. The standard InChI is InChI=1S/C16H27N3O2/c1-4-19(5-2)14(20)12-18(3)15(21)16(13-17)10-8-6-7-9-11-16/h4-12H2,1-3H3. The van der Waals surface area contributed by atoms with Crippen molar-refractivity contribution in [1.82, 2.24) is 9.80 Å². The fourth-order valence-electron chi connectivity index (χ4n) is 3.02. The minimum atomic E-state index is -0.922. The topological polar surface area (TPSA) is 64.4 Å². The number of carbonyl (C=O) groups is 2. The largest absolute Gasteiger partial charge is 0.342 e. The second kappa shape index (κ2) is 8.02. The molecule has 0 heterocycles. The van der Waals surface area contributed by atoms with Crippen LogP contribution in [0.3, 0.4) is 0 Å². The summed E-state index contributed by atoms with van der Waals surface area (Å²) in [5.41, 5.74) is -0.922.